The molecule has 29 heavy (non-hydrogen) atoms. The van der Waals surface area contributed by atoms with E-state index in [1.54, 1.807) is 39.0 Å². The summed E-state index contributed by atoms with van der Waals surface area (Å²) in [5.74, 6) is 0.780. The van der Waals surface area contributed by atoms with Gasteiger partial charge in [0.2, 0.25) is 5.58 Å². The number of likely N-dealkylation sites (tertiary alicyclic amines) is 1. The Hall–Kier alpha value is -3.10. The molecule has 1 aromatic carbocycles. The van der Waals surface area contributed by atoms with Crippen molar-refractivity contribution in [3.63, 3.8) is 0 Å². The smallest absolute Gasteiger partial charge is 0.411 e. The molecular weight excluding hydrogens is 381 g/mol. The van der Waals surface area contributed by atoms with Gasteiger partial charge in [0.15, 0.2) is 0 Å². The molecule has 4 rings (SSSR count). The number of nitrogens with zero attached hydrogens (tertiary/aromatic N) is 2. The van der Waals surface area contributed by atoms with Crippen LogP contribution in [0.3, 0.4) is 0 Å². The van der Waals surface area contributed by atoms with Gasteiger partial charge in [0, 0.05) is 6.42 Å². The minimum Gasteiger partial charge on any atom is -0.497 e. The number of halogens is 1. The van der Waals surface area contributed by atoms with Gasteiger partial charge < -0.3 is 18.9 Å². The van der Waals surface area contributed by atoms with E-state index >= 15 is 0 Å². The van der Waals surface area contributed by atoms with Gasteiger partial charge in [0.05, 0.1) is 25.1 Å². The molecule has 1 fully saturated rings. The maximum Gasteiger partial charge on any atom is 0.411 e. The summed E-state index contributed by atoms with van der Waals surface area (Å²) < 4.78 is 30.5. The number of alkyl halides is 1. The van der Waals surface area contributed by atoms with Crippen molar-refractivity contribution < 1.29 is 23.1 Å². The lowest BCUT2D eigenvalue weighted by molar-refractivity contribution is 0.0210. The van der Waals surface area contributed by atoms with E-state index in [0.29, 0.717) is 22.2 Å². The van der Waals surface area contributed by atoms with E-state index in [2.05, 4.69) is 9.97 Å². The van der Waals surface area contributed by atoms with Gasteiger partial charge in [-0.05, 0) is 39.0 Å². The third kappa shape index (κ3) is 3.52. The molecule has 0 unspecified atom stereocenters. The van der Waals surface area contributed by atoms with E-state index < -0.39 is 29.5 Å². The second-order valence-corrected chi connectivity index (χ2v) is 8.07. The van der Waals surface area contributed by atoms with Gasteiger partial charge >= 0.3 is 6.09 Å². The highest BCUT2D eigenvalue weighted by Crippen LogP contribution is 2.35. The molecule has 2 atom stereocenters. The number of carbonyl (C=O) groups excluding carboxylic acids is 1. The van der Waals surface area contributed by atoms with Crippen LogP contribution in [-0.4, -0.2) is 46.4 Å². The zero-order valence-electron chi connectivity index (χ0n) is 16.6. The van der Waals surface area contributed by atoms with Crippen LogP contribution in [0, 0.1) is 0 Å². The molecule has 154 valence electrons. The number of furan rings is 1. The molecule has 0 aliphatic carbocycles. The molecule has 0 bridgehead atoms. The molecular formula is C20H22FN3O5. The van der Waals surface area contributed by atoms with Crippen LogP contribution in [-0.2, 0) is 4.74 Å². The number of carbonyl (C=O) groups is 1. The number of amides is 1. The number of hydrogen-bond acceptors (Lipinski definition) is 6. The summed E-state index contributed by atoms with van der Waals surface area (Å²) >= 11 is 0. The Kier molecular flexibility index (Phi) is 4.48. The van der Waals surface area contributed by atoms with E-state index in [-0.39, 0.29) is 24.4 Å². The predicted octanol–water partition coefficient (Wildman–Crippen LogP) is 3.70. The quantitative estimate of drug-likeness (QED) is 0.701. The number of rotatable bonds is 2. The zero-order chi connectivity index (χ0) is 20.9. The van der Waals surface area contributed by atoms with Crippen LogP contribution in [0.4, 0.5) is 9.18 Å². The number of methoxy groups -OCH3 is 1. The molecule has 1 aliphatic heterocycles. The van der Waals surface area contributed by atoms with Gasteiger partial charge in [0.1, 0.15) is 34.4 Å². The first-order valence-corrected chi connectivity index (χ1v) is 9.30. The fraction of sp³-hybridized carbons (Fsp3) is 0.450. The minimum atomic E-state index is -1.24. The van der Waals surface area contributed by atoms with E-state index in [1.807, 2.05) is 0 Å². The molecule has 1 amide bonds. The number of aromatic nitrogens is 2. The van der Waals surface area contributed by atoms with Crippen molar-refractivity contribution >= 4 is 28.2 Å². The highest BCUT2D eigenvalue weighted by atomic mass is 19.1. The molecule has 9 heteroatoms. The van der Waals surface area contributed by atoms with Gasteiger partial charge in [-0.3, -0.25) is 9.69 Å². The first-order valence-electron chi connectivity index (χ1n) is 9.30. The van der Waals surface area contributed by atoms with Crippen molar-refractivity contribution in [1.29, 1.82) is 0 Å². The van der Waals surface area contributed by atoms with Gasteiger partial charge in [-0.2, -0.15) is 0 Å². The zero-order valence-corrected chi connectivity index (χ0v) is 16.6. The summed E-state index contributed by atoms with van der Waals surface area (Å²) in [6.45, 7) is 5.08. The van der Waals surface area contributed by atoms with E-state index in [4.69, 9.17) is 13.9 Å². The summed E-state index contributed by atoms with van der Waals surface area (Å²) in [6, 6.07) is 4.38. The second-order valence-electron chi connectivity index (χ2n) is 8.07. The Morgan fingerprint density at radius 3 is 2.83 bits per heavy atom. The van der Waals surface area contributed by atoms with Crippen molar-refractivity contribution in [2.24, 2.45) is 0 Å². The summed E-state index contributed by atoms with van der Waals surface area (Å²) in [5, 5.41) is 0.602. The number of nitrogens with one attached hydrogen (secondary N) is 1. The minimum absolute atomic E-state index is 0.0206. The fourth-order valence-electron chi connectivity index (χ4n) is 3.50. The number of ether oxygens (including phenoxy) is 2. The van der Waals surface area contributed by atoms with Gasteiger partial charge in [0.25, 0.3) is 5.56 Å². The number of fused-ring (bicyclic) bond motifs is 3. The highest BCUT2D eigenvalue weighted by molar-refractivity contribution is 6.02. The molecule has 0 saturated carbocycles. The van der Waals surface area contributed by atoms with Crippen molar-refractivity contribution in [2.45, 2.75) is 45.0 Å². The van der Waals surface area contributed by atoms with Crippen LogP contribution in [0.1, 0.15) is 39.1 Å². The number of aromatic amines is 1. The lowest BCUT2D eigenvalue weighted by Gasteiger charge is -2.27. The first kappa shape index (κ1) is 19.2. The third-order valence-electron chi connectivity index (χ3n) is 4.74. The first-order chi connectivity index (χ1) is 13.7. The standard InChI is InChI=1S/C20H22FN3O5/c1-20(2,3)29-19(26)24-9-10(21)7-13(24)17-22-15-12-8-11(27-4)5-6-14(12)28-16(15)18(25)23-17/h5-6,8,10,13H,7,9H2,1-4H3,(H,22,23,25)/t10-,13-/m0/s1. The van der Waals surface area contributed by atoms with Crippen molar-refractivity contribution in [1.82, 2.24) is 14.9 Å². The van der Waals surface area contributed by atoms with Crippen LogP contribution < -0.4 is 10.3 Å². The normalized spacial score (nSPS) is 19.8. The molecule has 1 aliphatic rings. The monoisotopic (exact) mass is 403 g/mol. The largest absolute Gasteiger partial charge is 0.497 e. The summed E-state index contributed by atoms with van der Waals surface area (Å²) in [4.78, 5) is 33.6. The van der Waals surface area contributed by atoms with E-state index in [0.717, 1.165) is 0 Å². The Bertz CT molecular complexity index is 1150. The third-order valence-corrected chi connectivity index (χ3v) is 4.74. The Morgan fingerprint density at radius 2 is 2.14 bits per heavy atom. The molecule has 2 aromatic heterocycles. The molecule has 3 aromatic rings. The van der Waals surface area contributed by atoms with Crippen LogP contribution in [0.5, 0.6) is 5.75 Å². The average Bonchev–Trinajstić information content (AvgIpc) is 3.21. The van der Waals surface area contributed by atoms with E-state index in [9.17, 15) is 14.0 Å². The number of hydrogen-bond donors (Lipinski definition) is 1. The van der Waals surface area contributed by atoms with Crippen LogP contribution in [0.25, 0.3) is 22.1 Å². The SMILES string of the molecule is COc1ccc2oc3c(=O)[nH]c([C@@H]4C[C@H](F)CN4C(=O)OC(C)(C)C)nc3c2c1. The number of H-pyrrole nitrogens is 1. The molecule has 0 spiro atoms. The maximum atomic E-state index is 14.2. The van der Waals surface area contributed by atoms with Gasteiger partial charge in [-0.1, -0.05) is 0 Å². The van der Waals surface area contributed by atoms with Crippen molar-refractivity contribution in [2.75, 3.05) is 13.7 Å². The highest BCUT2D eigenvalue weighted by Gasteiger charge is 2.40. The van der Waals surface area contributed by atoms with Gasteiger partial charge in [-0.15, -0.1) is 0 Å². The Morgan fingerprint density at radius 1 is 1.38 bits per heavy atom. The molecule has 1 N–H and O–H groups in total. The van der Waals surface area contributed by atoms with Crippen molar-refractivity contribution in [3.05, 3.63) is 34.4 Å². The Labute approximate surface area is 165 Å². The fourth-order valence-corrected chi connectivity index (χ4v) is 3.50. The molecule has 3 heterocycles. The van der Waals surface area contributed by atoms with Crippen LogP contribution >= 0.6 is 0 Å². The second kappa shape index (κ2) is 6.75. The summed E-state index contributed by atoms with van der Waals surface area (Å²) in [6.07, 6.45) is -1.87. The topological polar surface area (TPSA) is 97.7 Å². The maximum absolute atomic E-state index is 14.2. The van der Waals surface area contributed by atoms with Crippen LogP contribution in [0.2, 0.25) is 0 Å². The summed E-state index contributed by atoms with van der Waals surface area (Å²) in [5.41, 5.74) is -0.334. The summed E-state index contributed by atoms with van der Waals surface area (Å²) in [7, 11) is 1.54. The molecule has 0 radical (unpaired) electrons. The lowest BCUT2D eigenvalue weighted by atomic mass is 10.2. The van der Waals surface area contributed by atoms with Crippen molar-refractivity contribution in [3.8, 4) is 5.75 Å². The van der Waals surface area contributed by atoms with Crippen LogP contribution in [0.15, 0.2) is 27.4 Å². The average molecular weight is 403 g/mol. The molecule has 8 nitrogen and oxygen atoms in total. The lowest BCUT2D eigenvalue weighted by Crippen LogP contribution is -2.37. The predicted molar refractivity (Wildman–Crippen MR) is 104 cm³/mol. The van der Waals surface area contributed by atoms with E-state index in [1.165, 1.54) is 12.0 Å². The Balaban J connectivity index is 1.80. The number of benzene rings is 1. The van der Waals surface area contributed by atoms with Gasteiger partial charge in [-0.25, -0.2) is 14.2 Å². The molecule has 1 saturated heterocycles.